The summed E-state index contributed by atoms with van der Waals surface area (Å²) in [4.78, 5) is 11.8. The molecule has 0 saturated heterocycles. The molecule has 0 aliphatic heterocycles. The molecule has 2 nitrogen and oxygen atoms in total. The largest absolute Gasteiger partial charge is 0.469 e. The molecule has 4 saturated carbocycles. The van der Waals surface area contributed by atoms with Gasteiger partial charge >= 0.3 is 5.97 Å². The minimum Gasteiger partial charge on any atom is -0.469 e. The smallest absolute Gasteiger partial charge is 0.311 e. The second kappa shape index (κ2) is 2.74. The number of carbonyl (C=O) groups is 1. The van der Waals surface area contributed by atoms with E-state index in [4.69, 9.17) is 4.74 Å². The zero-order chi connectivity index (χ0) is 9.76. The van der Waals surface area contributed by atoms with Crippen LogP contribution in [0.3, 0.4) is 0 Å². The molecule has 0 aromatic carbocycles. The van der Waals surface area contributed by atoms with E-state index in [1.54, 1.807) is 5.92 Å². The number of esters is 1. The Hall–Kier alpha value is -0.530. The molecule has 1 radical (unpaired) electrons. The van der Waals surface area contributed by atoms with Gasteiger partial charge in [0, 0.05) is 0 Å². The molecule has 0 spiro atoms. The molecule has 0 aromatic heterocycles. The van der Waals surface area contributed by atoms with Crippen LogP contribution in [-0.2, 0) is 9.53 Å². The molecule has 0 N–H and O–H groups in total. The minimum atomic E-state index is -0.0891. The third-order valence-corrected chi connectivity index (χ3v) is 4.39. The molecule has 4 aliphatic carbocycles. The van der Waals surface area contributed by atoms with Crippen molar-refractivity contribution in [3.63, 3.8) is 0 Å². The van der Waals surface area contributed by atoms with Gasteiger partial charge in [-0.3, -0.25) is 4.79 Å². The average molecular weight is 193 g/mol. The number of ether oxygens (including phenoxy) is 1. The topological polar surface area (TPSA) is 26.3 Å². The standard InChI is InChI=1S/C12H17O2/c1-14-11(13)12-5-8-2-9(6-12)4-10(3-8)7-12/h8-9H,2-7H2,1H3. The Morgan fingerprint density at radius 2 is 2.00 bits per heavy atom. The van der Waals surface area contributed by atoms with E-state index in [1.807, 2.05) is 0 Å². The maximum atomic E-state index is 11.8. The van der Waals surface area contributed by atoms with Crippen LogP contribution in [-0.4, -0.2) is 13.1 Å². The highest BCUT2D eigenvalue weighted by atomic mass is 16.5. The van der Waals surface area contributed by atoms with Gasteiger partial charge in [-0.15, -0.1) is 0 Å². The van der Waals surface area contributed by atoms with Gasteiger partial charge in [0.1, 0.15) is 0 Å². The van der Waals surface area contributed by atoms with E-state index in [0.29, 0.717) is 0 Å². The third kappa shape index (κ3) is 1.06. The summed E-state index contributed by atoms with van der Waals surface area (Å²) in [5.41, 5.74) is -0.0891. The first-order valence-corrected chi connectivity index (χ1v) is 5.64. The minimum absolute atomic E-state index is 0.0594. The van der Waals surface area contributed by atoms with Gasteiger partial charge in [0.25, 0.3) is 0 Å². The second-order valence-electron chi connectivity index (χ2n) is 5.48. The van der Waals surface area contributed by atoms with Crippen LogP contribution in [0, 0.1) is 23.2 Å². The highest BCUT2D eigenvalue weighted by Gasteiger charge is 2.55. The normalized spacial score (nSPS) is 45.5. The summed E-state index contributed by atoms with van der Waals surface area (Å²) in [7, 11) is 1.53. The zero-order valence-electron chi connectivity index (χ0n) is 8.71. The SMILES string of the molecule is COC(=O)C12C[C]3CC(CC(C3)C1)C2. The molecule has 0 heterocycles. The van der Waals surface area contributed by atoms with Gasteiger partial charge < -0.3 is 4.74 Å². The first kappa shape index (κ1) is 8.75. The maximum Gasteiger partial charge on any atom is 0.311 e. The summed E-state index contributed by atoms with van der Waals surface area (Å²) in [6.07, 6.45) is 7.19. The van der Waals surface area contributed by atoms with Gasteiger partial charge in [0.05, 0.1) is 12.5 Å². The Bertz CT molecular complexity index is 234. The number of hydrogen-bond donors (Lipinski definition) is 0. The number of hydrogen-bond acceptors (Lipinski definition) is 2. The first-order valence-electron chi connectivity index (χ1n) is 5.64. The molecular weight excluding hydrogens is 176 g/mol. The number of carbonyl (C=O) groups excluding carboxylic acids is 1. The molecule has 4 fully saturated rings. The summed E-state index contributed by atoms with van der Waals surface area (Å²) >= 11 is 0. The Labute approximate surface area is 85.0 Å². The molecule has 4 rings (SSSR count). The van der Waals surface area contributed by atoms with Crippen molar-refractivity contribution in [3.8, 4) is 0 Å². The van der Waals surface area contributed by atoms with Gasteiger partial charge in [-0.1, -0.05) is 0 Å². The summed E-state index contributed by atoms with van der Waals surface area (Å²) in [5.74, 6) is 3.30. The maximum absolute atomic E-state index is 11.8. The predicted molar refractivity (Wildman–Crippen MR) is 52.4 cm³/mol. The van der Waals surface area contributed by atoms with E-state index in [9.17, 15) is 4.79 Å². The van der Waals surface area contributed by atoms with Crippen LogP contribution in [0.2, 0.25) is 0 Å². The van der Waals surface area contributed by atoms with Crippen molar-refractivity contribution < 1.29 is 9.53 Å². The first-order chi connectivity index (χ1) is 6.72. The van der Waals surface area contributed by atoms with Gasteiger partial charge in [0.2, 0.25) is 0 Å². The van der Waals surface area contributed by atoms with E-state index in [2.05, 4.69) is 0 Å². The van der Waals surface area contributed by atoms with Gasteiger partial charge in [-0.2, -0.15) is 0 Å². The highest BCUT2D eigenvalue weighted by molar-refractivity contribution is 5.77. The van der Waals surface area contributed by atoms with Crippen molar-refractivity contribution in [2.75, 3.05) is 7.11 Å². The monoisotopic (exact) mass is 193 g/mol. The van der Waals surface area contributed by atoms with Crippen molar-refractivity contribution >= 4 is 5.97 Å². The molecule has 77 valence electrons. The van der Waals surface area contributed by atoms with Crippen LogP contribution >= 0.6 is 0 Å². The van der Waals surface area contributed by atoms with Crippen LogP contribution in [0.5, 0.6) is 0 Å². The lowest BCUT2D eigenvalue weighted by atomic mass is 9.49. The number of rotatable bonds is 1. The van der Waals surface area contributed by atoms with E-state index in [1.165, 1.54) is 26.4 Å². The van der Waals surface area contributed by atoms with E-state index >= 15 is 0 Å². The summed E-state index contributed by atoms with van der Waals surface area (Å²) in [6, 6.07) is 0. The lowest BCUT2D eigenvalue weighted by Gasteiger charge is -2.54. The van der Waals surface area contributed by atoms with Gasteiger partial charge in [-0.25, -0.2) is 0 Å². The van der Waals surface area contributed by atoms with Crippen molar-refractivity contribution in [1.82, 2.24) is 0 Å². The van der Waals surface area contributed by atoms with Crippen molar-refractivity contribution in [2.45, 2.75) is 38.5 Å². The molecular formula is C12H17O2. The molecule has 0 aromatic rings. The summed E-state index contributed by atoms with van der Waals surface area (Å²) < 4.78 is 4.98. The molecule has 4 bridgehead atoms. The Morgan fingerprint density at radius 1 is 1.36 bits per heavy atom. The van der Waals surface area contributed by atoms with Crippen molar-refractivity contribution in [3.05, 3.63) is 5.92 Å². The summed E-state index contributed by atoms with van der Waals surface area (Å²) in [5, 5.41) is 0. The number of methoxy groups -OCH3 is 1. The molecule has 2 atom stereocenters. The molecule has 2 heteroatoms. The second-order valence-corrected chi connectivity index (χ2v) is 5.48. The lowest BCUT2D eigenvalue weighted by molar-refractivity contribution is -0.162. The molecule has 2 unspecified atom stereocenters. The lowest BCUT2D eigenvalue weighted by Crippen LogP contribution is -2.49. The quantitative estimate of drug-likeness (QED) is 0.597. The Balaban J connectivity index is 1.91. The van der Waals surface area contributed by atoms with E-state index in [-0.39, 0.29) is 11.4 Å². The van der Waals surface area contributed by atoms with Crippen LogP contribution < -0.4 is 0 Å². The fraction of sp³-hybridized carbons (Fsp3) is 0.833. The van der Waals surface area contributed by atoms with Crippen LogP contribution in [0.4, 0.5) is 0 Å². The zero-order valence-corrected chi connectivity index (χ0v) is 8.71. The summed E-state index contributed by atoms with van der Waals surface area (Å²) in [6.45, 7) is 0. The van der Waals surface area contributed by atoms with Crippen molar-refractivity contribution in [1.29, 1.82) is 0 Å². The molecule has 14 heavy (non-hydrogen) atoms. The third-order valence-electron chi connectivity index (χ3n) is 4.39. The predicted octanol–water partition coefficient (Wildman–Crippen LogP) is 2.33. The van der Waals surface area contributed by atoms with Gasteiger partial charge in [0.15, 0.2) is 0 Å². The van der Waals surface area contributed by atoms with Crippen LogP contribution in [0.25, 0.3) is 0 Å². The fourth-order valence-corrected chi connectivity index (χ4v) is 4.26. The van der Waals surface area contributed by atoms with Crippen molar-refractivity contribution in [2.24, 2.45) is 17.3 Å². The van der Waals surface area contributed by atoms with Crippen LogP contribution in [0.1, 0.15) is 38.5 Å². The molecule has 0 amide bonds. The Kier molecular flexibility index (Phi) is 1.71. The van der Waals surface area contributed by atoms with Gasteiger partial charge in [-0.05, 0) is 56.3 Å². The van der Waals surface area contributed by atoms with E-state index < -0.39 is 0 Å². The van der Waals surface area contributed by atoms with Crippen LogP contribution in [0.15, 0.2) is 0 Å². The molecule has 4 aliphatic rings. The Morgan fingerprint density at radius 3 is 2.50 bits per heavy atom. The average Bonchev–Trinajstić information content (AvgIpc) is 2.14. The van der Waals surface area contributed by atoms with E-state index in [0.717, 1.165) is 31.1 Å². The highest BCUT2D eigenvalue weighted by Crippen LogP contribution is 2.61. The fourth-order valence-electron chi connectivity index (χ4n) is 4.26.